The van der Waals surface area contributed by atoms with Gasteiger partial charge in [-0.15, -0.1) is 0 Å². The second-order valence-corrected chi connectivity index (χ2v) is 7.72. The normalized spacial score (nSPS) is 11.3. The number of nitrogens with one attached hydrogen (secondary N) is 3. The fraction of sp³-hybridized carbons (Fsp3) is 0.375. The Morgan fingerprint density at radius 1 is 1.00 bits per heavy atom. The van der Waals surface area contributed by atoms with Gasteiger partial charge in [0.2, 0.25) is 0 Å². The number of unbranched alkanes of at least 4 members (excludes halogenated alkanes) is 2. The first-order valence-corrected chi connectivity index (χ1v) is 11.1. The Kier molecular flexibility index (Phi) is 9.97. The van der Waals surface area contributed by atoms with Crippen molar-refractivity contribution in [3.8, 4) is 5.75 Å². The second-order valence-electron chi connectivity index (χ2n) is 7.32. The molecule has 0 spiro atoms. The molecule has 1 unspecified atom stereocenters. The van der Waals surface area contributed by atoms with Crippen molar-refractivity contribution in [3.63, 3.8) is 0 Å². The highest BCUT2D eigenvalue weighted by molar-refractivity contribution is 7.80. The maximum Gasteiger partial charge on any atom is 0.257 e. The molecule has 0 fully saturated rings. The Labute approximate surface area is 189 Å². The molecule has 6 nitrogen and oxygen atoms in total. The molecular formula is C24H31N3O3S. The minimum Gasteiger partial charge on any atom is -0.494 e. The highest BCUT2D eigenvalue weighted by Gasteiger charge is 2.15. The molecule has 0 saturated heterocycles. The van der Waals surface area contributed by atoms with Gasteiger partial charge in [0.1, 0.15) is 5.75 Å². The lowest BCUT2D eigenvalue weighted by molar-refractivity contribution is 0.0938. The standard InChI is InChI=1S/C24H31N3O3S/c1-4-6-9-16-30-19-14-12-18(13-15-19)22(28)27-24(31)26-21-11-8-7-10-20(21)23(29)25-17(3)5-2/h7-8,10-15,17H,4-6,9,16H2,1-3H3,(H,25,29)(H2,26,27,28,31). The van der Waals surface area contributed by atoms with E-state index in [-0.39, 0.29) is 23.0 Å². The van der Waals surface area contributed by atoms with Crippen molar-refractivity contribution in [2.45, 2.75) is 52.5 Å². The summed E-state index contributed by atoms with van der Waals surface area (Å²) in [4.78, 5) is 25.0. The average Bonchev–Trinajstić information content (AvgIpc) is 2.77. The molecule has 0 aliphatic carbocycles. The first-order chi connectivity index (χ1) is 14.9. The van der Waals surface area contributed by atoms with Crippen molar-refractivity contribution in [1.82, 2.24) is 10.6 Å². The van der Waals surface area contributed by atoms with Crippen LogP contribution in [0.25, 0.3) is 0 Å². The molecule has 166 valence electrons. The van der Waals surface area contributed by atoms with Crippen LogP contribution in [0.2, 0.25) is 0 Å². The Hall–Kier alpha value is -2.93. The van der Waals surface area contributed by atoms with Gasteiger partial charge in [0.15, 0.2) is 5.11 Å². The minimum absolute atomic E-state index is 0.0609. The molecule has 0 aliphatic rings. The number of hydrogen-bond acceptors (Lipinski definition) is 4. The van der Waals surface area contributed by atoms with E-state index < -0.39 is 0 Å². The van der Waals surface area contributed by atoms with E-state index >= 15 is 0 Å². The summed E-state index contributed by atoms with van der Waals surface area (Å²) < 4.78 is 5.67. The van der Waals surface area contributed by atoms with Gasteiger partial charge in [-0.25, -0.2) is 0 Å². The first-order valence-electron chi connectivity index (χ1n) is 10.7. The lowest BCUT2D eigenvalue weighted by Gasteiger charge is -2.16. The topological polar surface area (TPSA) is 79.5 Å². The minimum atomic E-state index is -0.337. The summed E-state index contributed by atoms with van der Waals surface area (Å²) in [5, 5.41) is 8.65. The van der Waals surface area contributed by atoms with E-state index in [9.17, 15) is 9.59 Å². The Balaban J connectivity index is 1.94. The number of carbonyl (C=O) groups excluding carboxylic acids is 2. The molecule has 1 atom stereocenters. The van der Waals surface area contributed by atoms with Crippen LogP contribution in [-0.2, 0) is 0 Å². The fourth-order valence-electron chi connectivity index (χ4n) is 2.77. The molecule has 0 bridgehead atoms. The molecule has 2 rings (SSSR count). The molecule has 0 heterocycles. The SMILES string of the molecule is CCCCCOc1ccc(C(=O)NC(=S)Nc2ccccc2C(=O)NC(C)CC)cc1. The number of anilines is 1. The van der Waals surface area contributed by atoms with Crippen LogP contribution in [0.4, 0.5) is 5.69 Å². The Bertz CT molecular complexity index is 884. The van der Waals surface area contributed by atoms with E-state index in [1.807, 2.05) is 13.8 Å². The van der Waals surface area contributed by atoms with Gasteiger partial charge in [0, 0.05) is 11.6 Å². The second kappa shape index (κ2) is 12.7. The molecule has 0 aliphatic heterocycles. The van der Waals surface area contributed by atoms with Gasteiger partial charge in [-0.3, -0.25) is 14.9 Å². The van der Waals surface area contributed by atoms with Crippen molar-refractivity contribution >= 4 is 34.8 Å². The van der Waals surface area contributed by atoms with Gasteiger partial charge < -0.3 is 15.4 Å². The van der Waals surface area contributed by atoms with Gasteiger partial charge >= 0.3 is 0 Å². The summed E-state index contributed by atoms with van der Waals surface area (Å²) in [6, 6.07) is 14.0. The summed E-state index contributed by atoms with van der Waals surface area (Å²) >= 11 is 5.28. The van der Waals surface area contributed by atoms with E-state index in [0.717, 1.165) is 31.4 Å². The summed E-state index contributed by atoms with van der Waals surface area (Å²) in [6.45, 7) is 6.76. The van der Waals surface area contributed by atoms with Gasteiger partial charge in [-0.1, -0.05) is 38.8 Å². The van der Waals surface area contributed by atoms with Crippen LogP contribution < -0.4 is 20.7 Å². The summed E-state index contributed by atoms with van der Waals surface area (Å²) in [5.41, 5.74) is 1.46. The van der Waals surface area contributed by atoms with Gasteiger partial charge in [0.05, 0.1) is 17.9 Å². The zero-order valence-corrected chi connectivity index (χ0v) is 19.2. The third kappa shape index (κ3) is 8.02. The highest BCUT2D eigenvalue weighted by Crippen LogP contribution is 2.16. The highest BCUT2D eigenvalue weighted by atomic mass is 32.1. The van der Waals surface area contributed by atoms with Crippen LogP contribution in [-0.4, -0.2) is 29.6 Å². The lowest BCUT2D eigenvalue weighted by Crippen LogP contribution is -2.36. The van der Waals surface area contributed by atoms with Gasteiger partial charge in [-0.05, 0) is 68.4 Å². The maximum absolute atomic E-state index is 12.5. The maximum atomic E-state index is 12.5. The van der Waals surface area contributed by atoms with E-state index in [1.54, 1.807) is 48.5 Å². The molecule has 3 N–H and O–H groups in total. The van der Waals surface area contributed by atoms with E-state index in [2.05, 4.69) is 22.9 Å². The number of carbonyl (C=O) groups is 2. The predicted molar refractivity (Wildman–Crippen MR) is 129 cm³/mol. The molecule has 2 aromatic rings. The molecule has 7 heteroatoms. The largest absolute Gasteiger partial charge is 0.494 e. The Morgan fingerprint density at radius 2 is 1.71 bits per heavy atom. The first kappa shape index (κ1) is 24.3. The fourth-order valence-corrected chi connectivity index (χ4v) is 2.97. The third-order valence-corrected chi connectivity index (χ3v) is 4.97. The summed E-state index contributed by atoms with van der Waals surface area (Å²) in [6.07, 6.45) is 4.12. The van der Waals surface area contributed by atoms with Crippen molar-refractivity contribution in [2.24, 2.45) is 0 Å². The molecule has 0 radical (unpaired) electrons. The van der Waals surface area contributed by atoms with Crippen LogP contribution in [0.1, 0.15) is 67.2 Å². The van der Waals surface area contributed by atoms with Crippen LogP contribution in [0.3, 0.4) is 0 Å². The van der Waals surface area contributed by atoms with Crippen molar-refractivity contribution in [3.05, 3.63) is 59.7 Å². The van der Waals surface area contributed by atoms with E-state index in [1.165, 1.54) is 0 Å². The number of amides is 2. The van der Waals surface area contributed by atoms with Crippen LogP contribution in [0, 0.1) is 0 Å². The van der Waals surface area contributed by atoms with Crippen LogP contribution in [0.15, 0.2) is 48.5 Å². The average molecular weight is 442 g/mol. The number of thiocarbonyl (C=S) groups is 1. The number of benzene rings is 2. The number of hydrogen-bond donors (Lipinski definition) is 3. The van der Waals surface area contributed by atoms with Gasteiger partial charge in [-0.2, -0.15) is 0 Å². The quantitative estimate of drug-likeness (QED) is 0.361. The zero-order valence-electron chi connectivity index (χ0n) is 18.4. The smallest absolute Gasteiger partial charge is 0.257 e. The number of rotatable bonds is 10. The predicted octanol–water partition coefficient (Wildman–Crippen LogP) is 4.91. The number of ether oxygens (including phenoxy) is 1. The summed E-state index contributed by atoms with van der Waals surface area (Å²) in [7, 11) is 0. The lowest BCUT2D eigenvalue weighted by atomic mass is 10.1. The van der Waals surface area contributed by atoms with E-state index in [0.29, 0.717) is 23.4 Å². The zero-order chi connectivity index (χ0) is 22.6. The van der Waals surface area contributed by atoms with Crippen molar-refractivity contribution in [1.29, 1.82) is 0 Å². The van der Waals surface area contributed by atoms with Crippen LogP contribution in [0.5, 0.6) is 5.75 Å². The van der Waals surface area contributed by atoms with Crippen molar-refractivity contribution < 1.29 is 14.3 Å². The third-order valence-electron chi connectivity index (χ3n) is 4.77. The molecule has 0 aromatic heterocycles. The molecule has 0 saturated carbocycles. The molecule has 31 heavy (non-hydrogen) atoms. The molecule has 2 amide bonds. The monoisotopic (exact) mass is 441 g/mol. The molecule has 2 aromatic carbocycles. The van der Waals surface area contributed by atoms with E-state index in [4.69, 9.17) is 17.0 Å². The van der Waals surface area contributed by atoms with Crippen LogP contribution >= 0.6 is 12.2 Å². The Morgan fingerprint density at radius 3 is 2.39 bits per heavy atom. The van der Waals surface area contributed by atoms with Crippen molar-refractivity contribution in [2.75, 3.05) is 11.9 Å². The van der Waals surface area contributed by atoms with Gasteiger partial charge in [0.25, 0.3) is 11.8 Å². The summed E-state index contributed by atoms with van der Waals surface area (Å²) in [5.74, 6) is 0.201. The molecular weight excluding hydrogens is 410 g/mol. The number of para-hydroxylation sites is 1.